The van der Waals surface area contributed by atoms with Gasteiger partial charge < -0.3 is 15.5 Å². The van der Waals surface area contributed by atoms with E-state index in [4.69, 9.17) is 17.3 Å². The molecule has 1 aromatic carbocycles. The standard InChI is InChI=1S/C29H29ClFN7O4S/c1-5-23(39)36-12-13-37(17(4)15-36)26-18-14-19(30)25(24-20(31)8-6-9-21(24)32)34-27(18)38(29(40)35-26)22-10-7-11-33-28(22)43(41,42)16(2)3/h5-11,14,16-17H,1,12-13,15,32H2,2-4H3/t17-/m0/s1. The van der Waals surface area contributed by atoms with Crippen LogP contribution in [0.5, 0.6) is 0 Å². The van der Waals surface area contributed by atoms with Gasteiger partial charge in [0, 0.05) is 37.6 Å². The molecule has 43 heavy (non-hydrogen) atoms. The first-order valence-electron chi connectivity index (χ1n) is 13.4. The summed E-state index contributed by atoms with van der Waals surface area (Å²) in [6.07, 6.45) is 2.56. The third-order valence-electron chi connectivity index (χ3n) is 7.35. The van der Waals surface area contributed by atoms with Gasteiger partial charge in [-0.3, -0.25) is 4.79 Å². The average Bonchev–Trinajstić information content (AvgIpc) is 2.96. The highest BCUT2D eigenvalue weighted by Crippen LogP contribution is 2.37. The van der Waals surface area contributed by atoms with Gasteiger partial charge in [-0.05, 0) is 57.2 Å². The Balaban J connectivity index is 1.84. The molecule has 5 rings (SSSR count). The lowest BCUT2D eigenvalue weighted by Crippen LogP contribution is -2.54. The molecule has 0 unspecified atom stereocenters. The van der Waals surface area contributed by atoms with Crippen LogP contribution in [0.25, 0.3) is 28.0 Å². The molecule has 1 amide bonds. The normalized spacial score (nSPS) is 15.7. The molecule has 0 radical (unpaired) electrons. The monoisotopic (exact) mass is 625 g/mol. The maximum absolute atomic E-state index is 15.1. The van der Waals surface area contributed by atoms with E-state index in [-0.39, 0.29) is 56.1 Å². The van der Waals surface area contributed by atoms with Crippen molar-refractivity contribution in [3.63, 3.8) is 0 Å². The molecule has 0 aliphatic carbocycles. The summed E-state index contributed by atoms with van der Waals surface area (Å²) in [6, 6.07) is 8.29. The molecule has 2 N–H and O–H groups in total. The fourth-order valence-electron chi connectivity index (χ4n) is 5.10. The number of rotatable bonds is 6. The molecule has 0 saturated carbocycles. The van der Waals surface area contributed by atoms with Crippen molar-refractivity contribution in [1.29, 1.82) is 0 Å². The lowest BCUT2D eigenvalue weighted by molar-refractivity contribution is -0.126. The maximum Gasteiger partial charge on any atom is 0.355 e. The van der Waals surface area contributed by atoms with Crippen LogP contribution in [0, 0.1) is 5.82 Å². The van der Waals surface area contributed by atoms with E-state index in [1.165, 1.54) is 62.5 Å². The van der Waals surface area contributed by atoms with Crippen LogP contribution in [0.2, 0.25) is 5.02 Å². The van der Waals surface area contributed by atoms with Crippen molar-refractivity contribution in [2.75, 3.05) is 30.3 Å². The Labute approximate surface area is 252 Å². The summed E-state index contributed by atoms with van der Waals surface area (Å²) in [5, 5.41) is -0.847. The number of hydrogen-bond acceptors (Lipinski definition) is 9. The van der Waals surface area contributed by atoms with Gasteiger partial charge in [-0.2, -0.15) is 4.98 Å². The van der Waals surface area contributed by atoms with Gasteiger partial charge in [-0.15, -0.1) is 0 Å². The number of piperazine rings is 1. The van der Waals surface area contributed by atoms with Crippen molar-refractivity contribution in [2.24, 2.45) is 0 Å². The Morgan fingerprint density at radius 2 is 1.95 bits per heavy atom. The van der Waals surface area contributed by atoms with Crippen LogP contribution >= 0.6 is 11.6 Å². The summed E-state index contributed by atoms with van der Waals surface area (Å²) in [7, 11) is -3.97. The van der Waals surface area contributed by atoms with Gasteiger partial charge in [0.15, 0.2) is 20.5 Å². The van der Waals surface area contributed by atoms with Gasteiger partial charge in [-0.25, -0.2) is 32.1 Å². The average molecular weight is 626 g/mol. The first kappa shape index (κ1) is 30.1. The molecule has 1 aliphatic rings. The Morgan fingerprint density at radius 3 is 2.60 bits per heavy atom. The van der Waals surface area contributed by atoms with Gasteiger partial charge in [0.25, 0.3) is 0 Å². The number of nitrogen functional groups attached to an aromatic ring is 1. The highest BCUT2D eigenvalue weighted by Gasteiger charge is 2.32. The van der Waals surface area contributed by atoms with Crippen molar-refractivity contribution in [2.45, 2.75) is 37.1 Å². The molecule has 1 atom stereocenters. The highest BCUT2D eigenvalue weighted by molar-refractivity contribution is 7.92. The number of halogens is 2. The number of amides is 1. The van der Waals surface area contributed by atoms with E-state index < -0.39 is 26.6 Å². The van der Waals surface area contributed by atoms with Gasteiger partial charge in [0.05, 0.1) is 32.6 Å². The number of hydrogen-bond donors (Lipinski definition) is 1. The second-order valence-electron chi connectivity index (χ2n) is 10.4. The molecule has 4 heterocycles. The minimum absolute atomic E-state index is 0.0259. The van der Waals surface area contributed by atoms with Crippen LogP contribution in [0.3, 0.4) is 0 Å². The van der Waals surface area contributed by atoms with E-state index in [0.717, 1.165) is 4.57 Å². The van der Waals surface area contributed by atoms with E-state index in [1.54, 1.807) is 4.90 Å². The molecular weight excluding hydrogens is 597 g/mol. The molecule has 4 aromatic rings. The minimum atomic E-state index is -3.97. The molecule has 0 bridgehead atoms. The summed E-state index contributed by atoms with van der Waals surface area (Å²) in [5.41, 5.74) is 5.14. The number of aromatic nitrogens is 4. The number of fused-ring (bicyclic) bond motifs is 1. The smallest absolute Gasteiger partial charge is 0.355 e. The Morgan fingerprint density at radius 1 is 1.21 bits per heavy atom. The van der Waals surface area contributed by atoms with E-state index >= 15 is 4.39 Å². The first-order chi connectivity index (χ1) is 20.4. The van der Waals surface area contributed by atoms with Gasteiger partial charge in [0.1, 0.15) is 11.6 Å². The first-order valence-corrected chi connectivity index (χ1v) is 15.3. The number of pyridine rings is 2. The van der Waals surface area contributed by atoms with Gasteiger partial charge >= 0.3 is 5.69 Å². The van der Waals surface area contributed by atoms with Crippen molar-refractivity contribution < 1.29 is 17.6 Å². The van der Waals surface area contributed by atoms with Crippen molar-refractivity contribution in [3.8, 4) is 16.9 Å². The largest absolute Gasteiger partial charge is 0.398 e. The molecule has 224 valence electrons. The SMILES string of the molecule is C=CC(=O)N1CCN(c2nc(=O)n(-c3cccnc3S(=O)(=O)C(C)C)c3nc(-c4c(N)cccc4F)c(Cl)cc23)[C@@H](C)C1. The number of sulfone groups is 1. The Bertz CT molecular complexity index is 1930. The van der Waals surface area contributed by atoms with E-state index in [0.29, 0.717) is 25.0 Å². The third kappa shape index (κ3) is 5.23. The Hall–Kier alpha value is -4.36. The summed E-state index contributed by atoms with van der Waals surface area (Å²) in [6.45, 7) is 9.44. The van der Waals surface area contributed by atoms with Gasteiger partial charge in [-0.1, -0.05) is 24.2 Å². The number of carbonyl (C=O) groups is 1. The van der Waals surface area contributed by atoms with Crippen molar-refractivity contribution in [3.05, 3.63) is 76.6 Å². The Kier molecular flexibility index (Phi) is 7.97. The zero-order chi connectivity index (χ0) is 31.2. The predicted octanol–water partition coefficient (Wildman–Crippen LogP) is 3.62. The summed E-state index contributed by atoms with van der Waals surface area (Å²) >= 11 is 6.71. The van der Waals surface area contributed by atoms with Gasteiger partial charge in [0.2, 0.25) is 5.91 Å². The molecule has 14 heteroatoms. The lowest BCUT2D eigenvalue weighted by Gasteiger charge is -2.40. The summed E-state index contributed by atoms with van der Waals surface area (Å²) < 4.78 is 42.8. The quantitative estimate of drug-likeness (QED) is 0.251. The summed E-state index contributed by atoms with van der Waals surface area (Å²) in [5.74, 6) is -0.667. The molecule has 0 spiro atoms. The van der Waals surface area contributed by atoms with Crippen LogP contribution in [0.4, 0.5) is 15.9 Å². The predicted molar refractivity (Wildman–Crippen MR) is 164 cm³/mol. The van der Waals surface area contributed by atoms with Crippen LogP contribution in [-0.2, 0) is 14.6 Å². The fraction of sp³-hybridized carbons (Fsp3) is 0.276. The molecule has 1 saturated heterocycles. The molecule has 3 aromatic heterocycles. The third-order valence-corrected chi connectivity index (χ3v) is 9.73. The number of anilines is 2. The van der Waals surface area contributed by atoms with Crippen LogP contribution < -0.4 is 16.3 Å². The van der Waals surface area contributed by atoms with Crippen molar-refractivity contribution in [1.82, 2.24) is 24.4 Å². The molecule has 1 fully saturated rings. The number of benzene rings is 1. The zero-order valence-corrected chi connectivity index (χ0v) is 25.2. The van der Waals surface area contributed by atoms with Crippen LogP contribution in [0.15, 0.2) is 65.1 Å². The molecular formula is C29H29ClFN7O4S. The van der Waals surface area contributed by atoms with Crippen molar-refractivity contribution >= 4 is 49.9 Å². The van der Waals surface area contributed by atoms with E-state index in [1.807, 2.05) is 11.8 Å². The van der Waals surface area contributed by atoms with Crippen LogP contribution in [-0.4, -0.2) is 69.7 Å². The second kappa shape index (κ2) is 11.4. The maximum atomic E-state index is 15.1. The number of carbonyl (C=O) groups excluding carboxylic acids is 1. The topological polar surface area (TPSA) is 144 Å². The second-order valence-corrected chi connectivity index (χ2v) is 13.2. The molecule has 11 nitrogen and oxygen atoms in total. The fourth-order valence-corrected chi connectivity index (χ4v) is 6.46. The van der Waals surface area contributed by atoms with E-state index in [9.17, 15) is 18.0 Å². The zero-order valence-electron chi connectivity index (χ0n) is 23.7. The lowest BCUT2D eigenvalue weighted by atomic mass is 10.1. The minimum Gasteiger partial charge on any atom is -0.398 e. The number of nitrogens with two attached hydrogens (primary N) is 1. The van der Waals surface area contributed by atoms with E-state index in [2.05, 4.69) is 21.5 Å². The number of nitrogens with zero attached hydrogens (tertiary/aromatic N) is 6. The molecule has 1 aliphatic heterocycles. The highest BCUT2D eigenvalue weighted by atomic mass is 35.5. The summed E-state index contributed by atoms with van der Waals surface area (Å²) in [4.78, 5) is 42.8. The van der Waals surface area contributed by atoms with Crippen LogP contribution in [0.1, 0.15) is 20.8 Å².